The number of aromatic nitrogens is 2. The van der Waals surface area contributed by atoms with Crippen molar-refractivity contribution in [3.05, 3.63) is 46.2 Å². The highest BCUT2D eigenvalue weighted by Gasteiger charge is 2.27. The number of morpholine rings is 1. The van der Waals surface area contributed by atoms with Gasteiger partial charge in [0.1, 0.15) is 6.10 Å². The van der Waals surface area contributed by atoms with E-state index in [1.807, 2.05) is 41.9 Å². The summed E-state index contributed by atoms with van der Waals surface area (Å²) in [4.78, 5) is 25.3. The van der Waals surface area contributed by atoms with Gasteiger partial charge < -0.3 is 14.5 Å². The quantitative estimate of drug-likeness (QED) is 0.825. The number of ether oxygens (including phenoxy) is 1. The predicted octanol–water partition coefficient (Wildman–Crippen LogP) is 1.74. The molecule has 1 saturated heterocycles. The maximum absolute atomic E-state index is 12.5. The fourth-order valence-corrected chi connectivity index (χ4v) is 3.36. The Hall–Kier alpha value is -1.83. The Morgan fingerprint density at radius 3 is 3.08 bits per heavy atom. The standard InChI is InChI=1S/C17H22N4O2S/c1-20(2)10-14-3-5-18-17(19-14)15-11-21(6-7-23-15)16(22)9-13-4-8-24-12-13/h3-5,8,12,15H,6-7,9-11H2,1-2H3/t15-/m0/s1. The van der Waals surface area contributed by atoms with Crippen molar-refractivity contribution >= 4 is 17.2 Å². The zero-order chi connectivity index (χ0) is 16.9. The molecule has 1 atom stereocenters. The highest BCUT2D eigenvalue weighted by Crippen LogP contribution is 2.20. The van der Waals surface area contributed by atoms with Gasteiger partial charge in [-0.25, -0.2) is 9.97 Å². The average molecular weight is 346 g/mol. The lowest BCUT2D eigenvalue weighted by atomic mass is 10.2. The van der Waals surface area contributed by atoms with Crippen LogP contribution in [0.3, 0.4) is 0 Å². The number of rotatable bonds is 5. The molecule has 6 nitrogen and oxygen atoms in total. The molecule has 0 unspecified atom stereocenters. The summed E-state index contributed by atoms with van der Waals surface area (Å²) in [6.07, 6.45) is 1.95. The Kier molecular flexibility index (Phi) is 5.55. The smallest absolute Gasteiger partial charge is 0.227 e. The summed E-state index contributed by atoms with van der Waals surface area (Å²) in [5.74, 6) is 0.786. The molecule has 0 radical (unpaired) electrons. The third kappa shape index (κ3) is 4.37. The van der Waals surface area contributed by atoms with Crippen LogP contribution in [-0.4, -0.2) is 59.5 Å². The normalized spacial score (nSPS) is 18.1. The van der Waals surface area contributed by atoms with Crippen LogP contribution >= 0.6 is 11.3 Å². The van der Waals surface area contributed by atoms with Crippen LogP contribution in [0.1, 0.15) is 23.2 Å². The van der Waals surface area contributed by atoms with E-state index < -0.39 is 0 Å². The van der Waals surface area contributed by atoms with Crippen LogP contribution < -0.4 is 0 Å². The molecule has 0 aliphatic carbocycles. The van der Waals surface area contributed by atoms with Gasteiger partial charge in [0.15, 0.2) is 5.82 Å². The molecule has 0 spiro atoms. The van der Waals surface area contributed by atoms with Crippen LogP contribution in [0.15, 0.2) is 29.1 Å². The van der Waals surface area contributed by atoms with Gasteiger partial charge in [-0.1, -0.05) is 0 Å². The monoisotopic (exact) mass is 346 g/mol. The number of nitrogens with zero attached hydrogens (tertiary/aromatic N) is 4. The van der Waals surface area contributed by atoms with Crippen molar-refractivity contribution in [2.75, 3.05) is 33.8 Å². The minimum Gasteiger partial charge on any atom is -0.367 e. The molecule has 0 N–H and O–H groups in total. The van der Waals surface area contributed by atoms with Crippen molar-refractivity contribution in [3.8, 4) is 0 Å². The molecule has 1 amide bonds. The van der Waals surface area contributed by atoms with Gasteiger partial charge in [0, 0.05) is 19.3 Å². The number of hydrogen-bond donors (Lipinski definition) is 0. The van der Waals surface area contributed by atoms with Gasteiger partial charge in [-0.3, -0.25) is 4.79 Å². The number of hydrogen-bond acceptors (Lipinski definition) is 6. The Bertz CT molecular complexity index is 675. The molecule has 3 heterocycles. The van der Waals surface area contributed by atoms with Crippen molar-refractivity contribution in [2.45, 2.75) is 19.1 Å². The van der Waals surface area contributed by atoms with Crippen LogP contribution in [0.4, 0.5) is 0 Å². The average Bonchev–Trinajstić information content (AvgIpc) is 3.07. The second-order valence-electron chi connectivity index (χ2n) is 6.15. The first kappa shape index (κ1) is 17.0. The van der Waals surface area contributed by atoms with Gasteiger partial charge in [-0.05, 0) is 42.6 Å². The van der Waals surface area contributed by atoms with Gasteiger partial charge in [0.05, 0.1) is 25.3 Å². The summed E-state index contributed by atoms with van der Waals surface area (Å²) in [5.41, 5.74) is 2.02. The molecule has 7 heteroatoms. The zero-order valence-electron chi connectivity index (χ0n) is 14.0. The summed E-state index contributed by atoms with van der Waals surface area (Å²) in [6, 6.07) is 3.90. The lowest BCUT2D eigenvalue weighted by Crippen LogP contribution is -2.43. The number of carbonyl (C=O) groups is 1. The van der Waals surface area contributed by atoms with Crippen molar-refractivity contribution in [1.82, 2.24) is 19.8 Å². The lowest BCUT2D eigenvalue weighted by Gasteiger charge is -2.32. The van der Waals surface area contributed by atoms with Crippen LogP contribution in [0.25, 0.3) is 0 Å². The molecule has 2 aromatic heterocycles. The van der Waals surface area contributed by atoms with Crippen molar-refractivity contribution in [2.24, 2.45) is 0 Å². The Morgan fingerprint density at radius 1 is 1.46 bits per heavy atom. The van der Waals surface area contributed by atoms with E-state index in [-0.39, 0.29) is 12.0 Å². The Labute approximate surface area is 146 Å². The third-order valence-electron chi connectivity index (χ3n) is 3.85. The largest absolute Gasteiger partial charge is 0.367 e. The predicted molar refractivity (Wildman–Crippen MR) is 92.7 cm³/mol. The number of amides is 1. The minimum absolute atomic E-state index is 0.131. The molecule has 0 aromatic carbocycles. The van der Waals surface area contributed by atoms with Crippen molar-refractivity contribution in [1.29, 1.82) is 0 Å². The van der Waals surface area contributed by atoms with Crippen LogP contribution in [0.2, 0.25) is 0 Å². The maximum atomic E-state index is 12.5. The molecule has 0 saturated carbocycles. The molecule has 24 heavy (non-hydrogen) atoms. The molecule has 1 fully saturated rings. The summed E-state index contributed by atoms with van der Waals surface area (Å²) in [7, 11) is 4.01. The van der Waals surface area contributed by atoms with Crippen molar-refractivity contribution in [3.63, 3.8) is 0 Å². The fraction of sp³-hybridized carbons (Fsp3) is 0.471. The first-order valence-electron chi connectivity index (χ1n) is 7.99. The third-order valence-corrected chi connectivity index (χ3v) is 4.58. The molecule has 1 aliphatic rings. The van der Waals surface area contributed by atoms with Crippen LogP contribution in [0, 0.1) is 0 Å². The van der Waals surface area contributed by atoms with E-state index in [9.17, 15) is 4.79 Å². The van der Waals surface area contributed by atoms with E-state index in [0.717, 1.165) is 17.8 Å². The minimum atomic E-state index is -0.257. The summed E-state index contributed by atoms with van der Waals surface area (Å²) >= 11 is 1.61. The second-order valence-corrected chi connectivity index (χ2v) is 6.93. The molecule has 2 aromatic rings. The van der Waals surface area contributed by atoms with Gasteiger partial charge in [-0.15, -0.1) is 0 Å². The zero-order valence-corrected chi connectivity index (χ0v) is 14.8. The topological polar surface area (TPSA) is 58.6 Å². The maximum Gasteiger partial charge on any atom is 0.227 e. The highest BCUT2D eigenvalue weighted by molar-refractivity contribution is 7.07. The fourth-order valence-electron chi connectivity index (χ4n) is 2.69. The van der Waals surface area contributed by atoms with Gasteiger partial charge in [-0.2, -0.15) is 11.3 Å². The summed E-state index contributed by atoms with van der Waals surface area (Å²) in [6.45, 7) is 2.40. The Morgan fingerprint density at radius 2 is 2.33 bits per heavy atom. The van der Waals surface area contributed by atoms with Gasteiger partial charge in [0.25, 0.3) is 0 Å². The molecule has 3 rings (SSSR count). The summed E-state index contributed by atoms with van der Waals surface area (Å²) in [5, 5.41) is 4.01. The van der Waals surface area contributed by atoms with Crippen LogP contribution in [0.5, 0.6) is 0 Å². The van der Waals surface area contributed by atoms with E-state index in [2.05, 4.69) is 14.9 Å². The Balaban J connectivity index is 1.65. The number of thiophene rings is 1. The first-order valence-corrected chi connectivity index (χ1v) is 8.93. The molecular formula is C17H22N4O2S. The number of carbonyl (C=O) groups excluding carboxylic acids is 1. The molecular weight excluding hydrogens is 324 g/mol. The SMILES string of the molecule is CN(C)Cc1ccnc([C@@H]2CN(C(=O)Cc3ccsc3)CCO2)n1. The molecule has 0 bridgehead atoms. The van der Waals surface area contributed by atoms with Gasteiger partial charge >= 0.3 is 0 Å². The highest BCUT2D eigenvalue weighted by atomic mass is 32.1. The van der Waals surface area contributed by atoms with E-state index in [0.29, 0.717) is 31.9 Å². The van der Waals surface area contributed by atoms with Crippen LogP contribution in [-0.2, 0) is 22.5 Å². The molecule has 1 aliphatic heterocycles. The van der Waals surface area contributed by atoms with E-state index in [1.54, 1.807) is 17.5 Å². The first-order chi connectivity index (χ1) is 11.6. The second kappa shape index (κ2) is 7.83. The van der Waals surface area contributed by atoms with E-state index in [4.69, 9.17) is 4.74 Å². The van der Waals surface area contributed by atoms with E-state index >= 15 is 0 Å². The van der Waals surface area contributed by atoms with Crippen molar-refractivity contribution < 1.29 is 9.53 Å². The molecule has 128 valence electrons. The van der Waals surface area contributed by atoms with Gasteiger partial charge in [0.2, 0.25) is 5.91 Å². The lowest BCUT2D eigenvalue weighted by molar-refractivity contribution is -0.138. The summed E-state index contributed by atoms with van der Waals surface area (Å²) < 4.78 is 5.81. The van der Waals surface area contributed by atoms with E-state index in [1.165, 1.54) is 0 Å².